The van der Waals surface area contributed by atoms with E-state index in [0.717, 1.165) is 29.9 Å². The third kappa shape index (κ3) is 2.60. The van der Waals surface area contributed by atoms with E-state index in [-0.39, 0.29) is 0 Å². The number of benzene rings is 1. The Balaban J connectivity index is 2.08. The van der Waals surface area contributed by atoms with Crippen molar-refractivity contribution in [3.8, 4) is 0 Å². The third-order valence-corrected chi connectivity index (χ3v) is 2.64. The lowest BCUT2D eigenvalue weighted by Gasteiger charge is -2.05. The smallest absolute Gasteiger partial charge is 0.0639 e. The van der Waals surface area contributed by atoms with Crippen LogP contribution in [0.2, 0.25) is 0 Å². The summed E-state index contributed by atoms with van der Waals surface area (Å²) in [5.74, 6) is 0. The molecule has 0 aliphatic carbocycles. The van der Waals surface area contributed by atoms with Crippen LogP contribution in [0.3, 0.4) is 0 Å². The van der Waals surface area contributed by atoms with E-state index in [2.05, 4.69) is 29.2 Å². The molecule has 2 aromatic rings. The van der Waals surface area contributed by atoms with Crippen LogP contribution in [0.15, 0.2) is 42.5 Å². The maximum Gasteiger partial charge on any atom is 0.0639 e. The number of nitrogens with two attached hydrogens (primary N) is 1. The summed E-state index contributed by atoms with van der Waals surface area (Å²) in [4.78, 5) is 4.46. The van der Waals surface area contributed by atoms with Crippen molar-refractivity contribution in [2.24, 2.45) is 0 Å². The van der Waals surface area contributed by atoms with Gasteiger partial charge in [0.15, 0.2) is 0 Å². The van der Waals surface area contributed by atoms with Crippen molar-refractivity contribution < 1.29 is 0 Å². The molecule has 1 aromatic carbocycles. The molecular formula is C14H16N2. The van der Waals surface area contributed by atoms with Gasteiger partial charge in [-0.3, -0.25) is 4.98 Å². The van der Waals surface area contributed by atoms with Crippen molar-refractivity contribution in [1.82, 2.24) is 4.98 Å². The van der Waals surface area contributed by atoms with E-state index in [4.69, 9.17) is 5.73 Å². The van der Waals surface area contributed by atoms with Crippen LogP contribution in [-0.4, -0.2) is 4.98 Å². The minimum absolute atomic E-state index is 0.793. The molecule has 1 aromatic heterocycles. The second-order valence-electron chi connectivity index (χ2n) is 3.97. The Bertz CT molecular complexity index is 463. The summed E-state index contributed by atoms with van der Waals surface area (Å²) < 4.78 is 0. The van der Waals surface area contributed by atoms with Gasteiger partial charge in [0.2, 0.25) is 0 Å². The first-order valence-electron chi connectivity index (χ1n) is 5.51. The molecule has 0 atom stereocenters. The number of aryl methyl sites for hydroxylation is 3. The van der Waals surface area contributed by atoms with E-state index in [1.54, 1.807) is 0 Å². The Labute approximate surface area is 96.1 Å². The number of anilines is 1. The van der Waals surface area contributed by atoms with Gasteiger partial charge in [0, 0.05) is 5.69 Å². The van der Waals surface area contributed by atoms with Crippen molar-refractivity contribution >= 4 is 5.69 Å². The van der Waals surface area contributed by atoms with Crippen LogP contribution in [0.25, 0.3) is 0 Å². The molecule has 0 saturated carbocycles. The Kier molecular flexibility index (Phi) is 3.20. The van der Waals surface area contributed by atoms with Crippen LogP contribution in [0, 0.1) is 6.92 Å². The normalized spacial score (nSPS) is 10.3. The van der Waals surface area contributed by atoms with Gasteiger partial charge in [-0.2, -0.15) is 0 Å². The van der Waals surface area contributed by atoms with Gasteiger partial charge in [0.1, 0.15) is 0 Å². The number of hydrogen-bond donors (Lipinski definition) is 1. The Morgan fingerprint density at radius 2 is 1.75 bits per heavy atom. The fourth-order valence-corrected chi connectivity index (χ4v) is 1.73. The van der Waals surface area contributed by atoms with Crippen LogP contribution >= 0.6 is 0 Å². The molecular weight excluding hydrogens is 196 g/mol. The largest absolute Gasteiger partial charge is 0.397 e. The zero-order chi connectivity index (χ0) is 11.4. The SMILES string of the molecule is Cc1ccc(N)c(CCc2ccccc2)n1. The molecule has 0 aliphatic rings. The standard InChI is InChI=1S/C14H16N2/c1-11-7-9-13(15)14(16-11)10-8-12-5-3-2-4-6-12/h2-7,9H,8,10,15H2,1H3. The Morgan fingerprint density at radius 1 is 1.00 bits per heavy atom. The summed E-state index contributed by atoms with van der Waals surface area (Å²) >= 11 is 0. The molecule has 2 N–H and O–H groups in total. The van der Waals surface area contributed by atoms with E-state index in [9.17, 15) is 0 Å². The molecule has 0 spiro atoms. The second kappa shape index (κ2) is 4.79. The summed E-state index contributed by atoms with van der Waals surface area (Å²) in [5.41, 5.74) is 10.0. The number of nitrogens with zero attached hydrogens (tertiary/aromatic N) is 1. The number of hydrogen-bond acceptors (Lipinski definition) is 2. The zero-order valence-electron chi connectivity index (χ0n) is 9.48. The highest BCUT2D eigenvalue weighted by Crippen LogP contribution is 2.12. The van der Waals surface area contributed by atoms with Crippen molar-refractivity contribution in [3.05, 3.63) is 59.4 Å². The Hall–Kier alpha value is -1.83. The number of aromatic nitrogens is 1. The molecule has 0 fully saturated rings. The maximum absolute atomic E-state index is 5.89. The van der Waals surface area contributed by atoms with Gasteiger partial charge in [-0.15, -0.1) is 0 Å². The molecule has 82 valence electrons. The summed E-state index contributed by atoms with van der Waals surface area (Å²) in [5, 5.41) is 0. The van der Waals surface area contributed by atoms with E-state index in [0.29, 0.717) is 0 Å². The highest BCUT2D eigenvalue weighted by molar-refractivity contribution is 5.43. The summed E-state index contributed by atoms with van der Waals surface area (Å²) in [6, 6.07) is 14.3. The van der Waals surface area contributed by atoms with Gasteiger partial charge in [-0.05, 0) is 37.5 Å². The third-order valence-electron chi connectivity index (χ3n) is 2.64. The fraction of sp³-hybridized carbons (Fsp3) is 0.214. The Morgan fingerprint density at radius 3 is 2.50 bits per heavy atom. The van der Waals surface area contributed by atoms with Crippen LogP contribution in [-0.2, 0) is 12.8 Å². The topological polar surface area (TPSA) is 38.9 Å². The minimum Gasteiger partial charge on any atom is -0.397 e. The van der Waals surface area contributed by atoms with E-state index >= 15 is 0 Å². The summed E-state index contributed by atoms with van der Waals surface area (Å²) in [6.07, 6.45) is 1.89. The first-order chi connectivity index (χ1) is 7.75. The van der Waals surface area contributed by atoms with Crippen LogP contribution in [0.5, 0.6) is 0 Å². The van der Waals surface area contributed by atoms with Crippen molar-refractivity contribution in [3.63, 3.8) is 0 Å². The summed E-state index contributed by atoms with van der Waals surface area (Å²) in [6.45, 7) is 1.99. The molecule has 0 bridgehead atoms. The lowest BCUT2D eigenvalue weighted by molar-refractivity contribution is 0.907. The maximum atomic E-state index is 5.89. The van der Waals surface area contributed by atoms with Crippen LogP contribution < -0.4 is 5.73 Å². The number of pyridine rings is 1. The average molecular weight is 212 g/mol. The molecule has 1 heterocycles. The predicted molar refractivity (Wildman–Crippen MR) is 67.2 cm³/mol. The van der Waals surface area contributed by atoms with Gasteiger partial charge < -0.3 is 5.73 Å². The van der Waals surface area contributed by atoms with E-state index < -0.39 is 0 Å². The predicted octanol–water partition coefficient (Wildman–Crippen LogP) is 2.76. The molecule has 2 heteroatoms. The first kappa shape index (κ1) is 10.7. The van der Waals surface area contributed by atoms with Crippen molar-refractivity contribution in [2.45, 2.75) is 19.8 Å². The first-order valence-corrected chi connectivity index (χ1v) is 5.51. The molecule has 2 rings (SSSR count). The van der Waals surface area contributed by atoms with Gasteiger partial charge in [-0.25, -0.2) is 0 Å². The molecule has 0 unspecified atom stereocenters. The van der Waals surface area contributed by atoms with E-state index in [1.807, 2.05) is 25.1 Å². The van der Waals surface area contributed by atoms with Crippen LogP contribution in [0.1, 0.15) is 17.0 Å². The average Bonchev–Trinajstić information content (AvgIpc) is 2.32. The quantitative estimate of drug-likeness (QED) is 0.849. The van der Waals surface area contributed by atoms with Gasteiger partial charge in [-0.1, -0.05) is 30.3 Å². The van der Waals surface area contributed by atoms with Crippen molar-refractivity contribution in [1.29, 1.82) is 0 Å². The zero-order valence-corrected chi connectivity index (χ0v) is 9.48. The number of nitrogen functional groups attached to an aromatic ring is 1. The number of rotatable bonds is 3. The van der Waals surface area contributed by atoms with Crippen LogP contribution in [0.4, 0.5) is 5.69 Å². The van der Waals surface area contributed by atoms with Gasteiger partial charge >= 0.3 is 0 Å². The van der Waals surface area contributed by atoms with Crippen molar-refractivity contribution in [2.75, 3.05) is 5.73 Å². The summed E-state index contributed by atoms with van der Waals surface area (Å²) in [7, 11) is 0. The van der Waals surface area contributed by atoms with E-state index in [1.165, 1.54) is 5.56 Å². The molecule has 0 radical (unpaired) electrons. The molecule has 0 saturated heterocycles. The lowest BCUT2D eigenvalue weighted by Crippen LogP contribution is -2.01. The molecule has 2 nitrogen and oxygen atoms in total. The molecule has 0 aliphatic heterocycles. The lowest BCUT2D eigenvalue weighted by atomic mass is 10.1. The molecule has 16 heavy (non-hydrogen) atoms. The van der Waals surface area contributed by atoms with Gasteiger partial charge in [0.25, 0.3) is 0 Å². The fourth-order valence-electron chi connectivity index (χ4n) is 1.73. The second-order valence-corrected chi connectivity index (χ2v) is 3.97. The molecule has 0 amide bonds. The highest BCUT2D eigenvalue weighted by atomic mass is 14.7. The van der Waals surface area contributed by atoms with Gasteiger partial charge in [0.05, 0.1) is 11.4 Å². The minimum atomic E-state index is 0.793. The monoisotopic (exact) mass is 212 g/mol. The highest BCUT2D eigenvalue weighted by Gasteiger charge is 2.01.